The van der Waals surface area contributed by atoms with Gasteiger partial charge in [0.2, 0.25) is 0 Å². The van der Waals surface area contributed by atoms with Gasteiger partial charge in [0.25, 0.3) is 0 Å². The number of methoxy groups -OCH3 is 1. The standard InChI is InChI=1S/C16H27NO3/c1-11(18)12(2)20-15-13(10-17-16(3,4)5)8-7-9-14(15)19-6/h7-9,11-12,17-18H,10H2,1-6H3. The van der Waals surface area contributed by atoms with Crippen molar-refractivity contribution in [1.29, 1.82) is 0 Å². The molecule has 0 saturated heterocycles. The van der Waals surface area contributed by atoms with Crippen LogP contribution in [-0.4, -0.2) is 30.0 Å². The first-order valence-electron chi connectivity index (χ1n) is 7.00. The molecule has 0 aliphatic heterocycles. The number of hydrogen-bond donors (Lipinski definition) is 2. The van der Waals surface area contributed by atoms with Crippen LogP contribution < -0.4 is 14.8 Å². The van der Waals surface area contributed by atoms with E-state index in [2.05, 4.69) is 26.1 Å². The summed E-state index contributed by atoms with van der Waals surface area (Å²) < 4.78 is 11.2. The molecular formula is C16H27NO3. The second-order valence-electron chi connectivity index (χ2n) is 6.12. The quantitative estimate of drug-likeness (QED) is 0.842. The molecule has 0 aliphatic carbocycles. The molecule has 2 unspecified atom stereocenters. The van der Waals surface area contributed by atoms with E-state index in [9.17, 15) is 5.11 Å². The fourth-order valence-corrected chi connectivity index (χ4v) is 1.64. The van der Waals surface area contributed by atoms with Crippen molar-refractivity contribution in [3.8, 4) is 11.5 Å². The summed E-state index contributed by atoms with van der Waals surface area (Å²) >= 11 is 0. The highest BCUT2D eigenvalue weighted by molar-refractivity contribution is 5.46. The van der Waals surface area contributed by atoms with Gasteiger partial charge in [0, 0.05) is 17.6 Å². The molecule has 0 aliphatic rings. The molecule has 0 saturated carbocycles. The zero-order valence-electron chi connectivity index (χ0n) is 13.4. The third-order valence-corrected chi connectivity index (χ3v) is 3.07. The SMILES string of the molecule is COc1cccc(CNC(C)(C)C)c1OC(C)C(C)O. The molecule has 1 aromatic rings. The summed E-state index contributed by atoms with van der Waals surface area (Å²) in [5.41, 5.74) is 1.04. The highest BCUT2D eigenvalue weighted by atomic mass is 16.5. The number of nitrogens with one attached hydrogen (secondary N) is 1. The highest BCUT2D eigenvalue weighted by Gasteiger charge is 2.18. The Kier molecular flexibility index (Phi) is 5.84. The maximum atomic E-state index is 9.61. The zero-order chi connectivity index (χ0) is 15.3. The van der Waals surface area contributed by atoms with Crippen LogP contribution in [0.4, 0.5) is 0 Å². The molecule has 114 valence electrons. The summed E-state index contributed by atoms with van der Waals surface area (Å²) in [6.45, 7) is 10.6. The van der Waals surface area contributed by atoms with E-state index in [0.29, 0.717) is 18.0 Å². The van der Waals surface area contributed by atoms with Crippen LogP contribution in [0.15, 0.2) is 18.2 Å². The minimum absolute atomic E-state index is 0.0240. The topological polar surface area (TPSA) is 50.7 Å². The molecule has 0 heterocycles. The molecule has 0 aromatic heterocycles. The van der Waals surface area contributed by atoms with E-state index in [1.54, 1.807) is 14.0 Å². The Bertz CT molecular complexity index is 424. The van der Waals surface area contributed by atoms with E-state index < -0.39 is 6.10 Å². The molecule has 0 radical (unpaired) electrons. The number of para-hydroxylation sites is 1. The Balaban J connectivity index is 2.98. The van der Waals surface area contributed by atoms with Gasteiger partial charge in [-0.1, -0.05) is 12.1 Å². The molecule has 0 spiro atoms. The first-order valence-corrected chi connectivity index (χ1v) is 7.00. The van der Waals surface area contributed by atoms with Crippen molar-refractivity contribution in [2.45, 2.75) is 58.9 Å². The normalized spacial score (nSPS) is 14.8. The van der Waals surface area contributed by atoms with E-state index in [4.69, 9.17) is 9.47 Å². The largest absolute Gasteiger partial charge is 0.493 e. The molecule has 20 heavy (non-hydrogen) atoms. The fourth-order valence-electron chi connectivity index (χ4n) is 1.64. The molecule has 1 aromatic carbocycles. The van der Waals surface area contributed by atoms with Crippen LogP contribution >= 0.6 is 0 Å². The Hall–Kier alpha value is -1.26. The van der Waals surface area contributed by atoms with Crippen molar-refractivity contribution in [2.75, 3.05) is 7.11 Å². The molecular weight excluding hydrogens is 254 g/mol. The van der Waals surface area contributed by atoms with Crippen LogP contribution in [0.25, 0.3) is 0 Å². The Labute approximate surface area is 122 Å². The summed E-state index contributed by atoms with van der Waals surface area (Å²) in [4.78, 5) is 0. The van der Waals surface area contributed by atoms with Gasteiger partial charge in [0.15, 0.2) is 11.5 Å². The van der Waals surface area contributed by atoms with Crippen LogP contribution in [0.5, 0.6) is 11.5 Å². The van der Waals surface area contributed by atoms with Crippen LogP contribution in [0, 0.1) is 0 Å². The van der Waals surface area contributed by atoms with E-state index in [0.717, 1.165) is 5.56 Å². The van der Waals surface area contributed by atoms with E-state index in [-0.39, 0.29) is 11.6 Å². The zero-order valence-corrected chi connectivity index (χ0v) is 13.4. The lowest BCUT2D eigenvalue weighted by molar-refractivity contribution is 0.0578. The van der Waals surface area contributed by atoms with Gasteiger partial charge in [-0.05, 0) is 40.7 Å². The van der Waals surface area contributed by atoms with Crippen molar-refractivity contribution in [3.63, 3.8) is 0 Å². The maximum Gasteiger partial charge on any atom is 0.166 e. The molecule has 0 amide bonds. The number of rotatable bonds is 6. The van der Waals surface area contributed by atoms with Gasteiger partial charge in [-0.15, -0.1) is 0 Å². The molecule has 4 nitrogen and oxygen atoms in total. The van der Waals surface area contributed by atoms with Crippen molar-refractivity contribution in [3.05, 3.63) is 23.8 Å². The van der Waals surface area contributed by atoms with Crippen molar-refractivity contribution in [1.82, 2.24) is 5.32 Å². The first kappa shape index (κ1) is 16.8. The minimum atomic E-state index is -0.539. The summed E-state index contributed by atoms with van der Waals surface area (Å²) in [5, 5.41) is 13.0. The lowest BCUT2D eigenvalue weighted by Crippen LogP contribution is -2.35. The molecule has 0 bridgehead atoms. The average Bonchev–Trinajstić information content (AvgIpc) is 2.36. The molecule has 4 heteroatoms. The van der Waals surface area contributed by atoms with Crippen LogP contribution in [0.1, 0.15) is 40.2 Å². The second kappa shape index (κ2) is 6.95. The predicted molar refractivity (Wildman–Crippen MR) is 81.4 cm³/mol. The van der Waals surface area contributed by atoms with Crippen LogP contribution in [-0.2, 0) is 6.54 Å². The number of hydrogen-bond acceptors (Lipinski definition) is 4. The lowest BCUT2D eigenvalue weighted by Gasteiger charge is -2.24. The Morgan fingerprint density at radius 3 is 2.40 bits per heavy atom. The second-order valence-corrected chi connectivity index (χ2v) is 6.12. The molecule has 2 N–H and O–H groups in total. The lowest BCUT2D eigenvalue weighted by atomic mass is 10.1. The monoisotopic (exact) mass is 281 g/mol. The van der Waals surface area contributed by atoms with Crippen molar-refractivity contribution >= 4 is 0 Å². The summed E-state index contributed by atoms with van der Waals surface area (Å²) in [5.74, 6) is 1.38. The third kappa shape index (κ3) is 5.02. The van der Waals surface area contributed by atoms with Crippen molar-refractivity contribution in [2.24, 2.45) is 0 Å². The van der Waals surface area contributed by atoms with Gasteiger partial charge in [-0.3, -0.25) is 0 Å². The average molecular weight is 281 g/mol. The van der Waals surface area contributed by atoms with Crippen LogP contribution in [0.2, 0.25) is 0 Å². The minimum Gasteiger partial charge on any atom is -0.493 e. The number of aliphatic hydroxyl groups is 1. The number of benzene rings is 1. The van der Waals surface area contributed by atoms with E-state index in [1.165, 1.54) is 0 Å². The third-order valence-electron chi connectivity index (χ3n) is 3.07. The summed E-state index contributed by atoms with van der Waals surface area (Å²) in [6.07, 6.45) is -0.831. The predicted octanol–water partition coefficient (Wildman–Crippen LogP) is 2.73. The van der Waals surface area contributed by atoms with Gasteiger partial charge in [0.1, 0.15) is 6.10 Å². The van der Waals surface area contributed by atoms with Gasteiger partial charge in [0.05, 0.1) is 13.2 Å². The first-order chi connectivity index (χ1) is 9.24. The Morgan fingerprint density at radius 2 is 1.90 bits per heavy atom. The molecule has 0 fully saturated rings. The smallest absolute Gasteiger partial charge is 0.166 e. The van der Waals surface area contributed by atoms with Crippen molar-refractivity contribution < 1.29 is 14.6 Å². The fraction of sp³-hybridized carbons (Fsp3) is 0.625. The number of aliphatic hydroxyl groups excluding tert-OH is 1. The maximum absolute atomic E-state index is 9.61. The molecule has 1 rings (SSSR count). The van der Waals surface area contributed by atoms with Gasteiger partial charge in [-0.2, -0.15) is 0 Å². The van der Waals surface area contributed by atoms with E-state index in [1.807, 2.05) is 25.1 Å². The van der Waals surface area contributed by atoms with E-state index >= 15 is 0 Å². The highest BCUT2D eigenvalue weighted by Crippen LogP contribution is 2.32. The van der Waals surface area contributed by atoms with Crippen LogP contribution in [0.3, 0.4) is 0 Å². The number of ether oxygens (including phenoxy) is 2. The van der Waals surface area contributed by atoms with Gasteiger partial charge in [-0.25, -0.2) is 0 Å². The van der Waals surface area contributed by atoms with Gasteiger partial charge >= 0.3 is 0 Å². The molecule has 2 atom stereocenters. The summed E-state index contributed by atoms with van der Waals surface area (Å²) in [6, 6.07) is 5.81. The van der Waals surface area contributed by atoms with Gasteiger partial charge < -0.3 is 19.9 Å². The Morgan fingerprint density at radius 1 is 1.25 bits per heavy atom. The summed E-state index contributed by atoms with van der Waals surface area (Å²) in [7, 11) is 1.62.